The molecule has 0 aliphatic rings. The number of rotatable bonds is 2. The highest BCUT2D eigenvalue weighted by Crippen LogP contribution is 2.26. The van der Waals surface area contributed by atoms with Crippen molar-refractivity contribution >= 4 is 27.5 Å². The average Bonchev–Trinajstić information content (AvgIpc) is 2.29. The van der Waals surface area contributed by atoms with Crippen LogP contribution < -0.4 is 0 Å². The molecule has 0 radical (unpaired) electrons. The van der Waals surface area contributed by atoms with Crippen molar-refractivity contribution < 1.29 is 5.11 Å². The zero-order chi connectivity index (χ0) is 11.5. The van der Waals surface area contributed by atoms with Crippen LogP contribution in [0, 0.1) is 0 Å². The highest BCUT2D eigenvalue weighted by atomic mass is 79.9. The largest absolute Gasteiger partial charge is 0.380 e. The van der Waals surface area contributed by atoms with Gasteiger partial charge in [0.25, 0.3) is 0 Å². The van der Waals surface area contributed by atoms with Gasteiger partial charge in [0.15, 0.2) is 0 Å². The van der Waals surface area contributed by atoms with Crippen LogP contribution in [0.1, 0.15) is 17.5 Å². The van der Waals surface area contributed by atoms with Gasteiger partial charge in [0.1, 0.15) is 6.10 Å². The van der Waals surface area contributed by atoms with Crippen LogP contribution in [0.25, 0.3) is 0 Å². The maximum absolute atomic E-state index is 10.1. The minimum absolute atomic E-state index is 0.479. The second-order valence-corrected chi connectivity index (χ2v) is 4.46. The molecule has 1 unspecified atom stereocenters. The van der Waals surface area contributed by atoms with Crippen molar-refractivity contribution in [2.45, 2.75) is 6.10 Å². The van der Waals surface area contributed by atoms with Crippen molar-refractivity contribution in [1.29, 1.82) is 0 Å². The molecule has 2 rings (SSSR count). The van der Waals surface area contributed by atoms with Crippen molar-refractivity contribution in [2.24, 2.45) is 0 Å². The molecule has 5 heteroatoms. The van der Waals surface area contributed by atoms with Crippen molar-refractivity contribution in [3.8, 4) is 0 Å². The Morgan fingerprint density at radius 1 is 1.25 bits per heavy atom. The van der Waals surface area contributed by atoms with Crippen molar-refractivity contribution in [2.75, 3.05) is 0 Å². The molecule has 0 bridgehead atoms. The predicted molar refractivity (Wildman–Crippen MR) is 65.2 cm³/mol. The van der Waals surface area contributed by atoms with E-state index in [-0.39, 0.29) is 0 Å². The van der Waals surface area contributed by atoms with Crippen molar-refractivity contribution in [3.05, 3.63) is 57.5 Å². The van der Waals surface area contributed by atoms with Crippen molar-refractivity contribution in [1.82, 2.24) is 9.97 Å². The van der Waals surface area contributed by atoms with Crippen LogP contribution in [0.15, 0.2) is 41.1 Å². The number of hydrogen-bond donors (Lipinski definition) is 1. The van der Waals surface area contributed by atoms with Gasteiger partial charge in [0, 0.05) is 21.9 Å². The number of nitrogens with zero attached hydrogens (tertiary/aromatic N) is 2. The maximum atomic E-state index is 10.1. The molecular formula is C11H8BrClN2O. The van der Waals surface area contributed by atoms with Gasteiger partial charge in [-0.1, -0.05) is 11.6 Å². The van der Waals surface area contributed by atoms with E-state index in [0.717, 1.165) is 4.47 Å². The molecule has 0 aromatic carbocycles. The van der Waals surface area contributed by atoms with E-state index in [1.54, 1.807) is 30.6 Å². The molecule has 3 nitrogen and oxygen atoms in total. The van der Waals surface area contributed by atoms with E-state index in [9.17, 15) is 5.11 Å². The summed E-state index contributed by atoms with van der Waals surface area (Å²) in [5, 5.41) is 10.6. The lowest BCUT2D eigenvalue weighted by Crippen LogP contribution is -2.05. The van der Waals surface area contributed by atoms with Crippen LogP contribution >= 0.6 is 27.5 Å². The van der Waals surface area contributed by atoms with E-state index in [1.165, 1.54) is 0 Å². The van der Waals surface area contributed by atoms with E-state index in [0.29, 0.717) is 16.4 Å². The van der Waals surface area contributed by atoms with E-state index in [2.05, 4.69) is 25.9 Å². The number of aromatic nitrogens is 2. The fourth-order valence-corrected chi connectivity index (χ4v) is 1.95. The summed E-state index contributed by atoms with van der Waals surface area (Å²) in [6.07, 6.45) is 2.29. The van der Waals surface area contributed by atoms with Crippen LogP contribution in [0.5, 0.6) is 0 Å². The quantitative estimate of drug-likeness (QED) is 0.927. The van der Waals surface area contributed by atoms with Gasteiger partial charge in [0.05, 0.1) is 11.4 Å². The smallest absolute Gasteiger partial charge is 0.139 e. The Balaban J connectivity index is 2.39. The lowest BCUT2D eigenvalue weighted by Gasteiger charge is -2.10. The predicted octanol–water partition coefficient (Wildman–Crippen LogP) is 2.97. The summed E-state index contributed by atoms with van der Waals surface area (Å²) in [5.41, 5.74) is 1.00. The first-order chi connectivity index (χ1) is 7.68. The Morgan fingerprint density at radius 3 is 2.75 bits per heavy atom. The summed E-state index contributed by atoms with van der Waals surface area (Å²) in [7, 11) is 0. The van der Waals surface area contributed by atoms with E-state index >= 15 is 0 Å². The molecule has 82 valence electrons. The van der Waals surface area contributed by atoms with Gasteiger partial charge in [-0.15, -0.1) is 0 Å². The molecule has 0 aliphatic carbocycles. The van der Waals surface area contributed by atoms with Crippen LogP contribution in [0.4, 0.5) is 0 Å². The first kappa shape index (κ1) is 11.5. The summed E-state index contributed by atoms with van der Waals surface area (Å²) in [4.78, 5) is 8.17. The highest BCUT2D eigenvalue weighted by Gasteiger charge is 2.16. The third-order valence-electron chi connectivity index (χ3n) is 2.07. The monoisotopic (exact) mass is 298 g/mol. The lowest BCUT2D eigenvalue weighted by atomic mass is 10.1. The van der Waals surface area contributed by atoms with Crippen molar-refractivity contribution in [3.63, 3.8) is 0 Å². The average molecular weight is 300 g/mol. The second kappa shape index (κ2) is 4.91. The van der Waals surface area contributed by atoms with Gasteiger partial charge in [0.2, 0.25) is 0 Å². The second-order valence-electron chi connectivity index (χ2n) is 3.17. The van der Waals surface area contributed by atoms with Crippen LogP contribution in [-0.2, 0) is 0 Å². The zero-order valence-corrected chi connectivity index (χ0v) is 10.5. The molecule has 1 atom stereocenters. The minimum Gasteiger partial charge on any atom is -0.380 e. The fraction of sp³-hybridized carbons (Fsp3) is 0.0909. The first-order valence-corrected chi connectivity index (χ1v) is 5.75. The Kier molecular flexibility index (Phi) is 3.53. The Hall–Kier alpha value is -0.970. The van der Waals surface area contributed by atoms with Gasteiger partial charge in [-0.05, 0) is 40.2 Å². The molecule has 0 spiro atoms. The number of pyridine rings is 2. The molecule has 1 N–H and O–H groups in total. The van der Waals surface area contributed by atoms with Gasteiger partial charge in [-0.2, -0.15) is 0 Å². The van der Waals surface area contributed by atoms with Gasteiger partial charge in [-0.3, -0.25) is 9.97 Å². The third-order valence-corrected chi connectivity index (χ3v) is 2.97. The van der Waals surface area contributed by atoms with E-state index in [1.807, 2.05) is 6.07 Å². The van der Waals surface area contributed by atoms with Crippen LogP contribution in [-0.4, -0.2) is 15.1 Å². The van der Waals surface area contributed by atoms with Gasteiger partial charge in [-0.25, -0.2) is 0 Å². The molecule has 0 aliphatic heterocycles. The van der Waals surface area contributed by atoms with E-state index in [4.69, 9.17) is 11.6 Å². The molecule has 2 heterocycles. The standard InChI is InChI=1S/C11H8BrClN2O/c12-8-2-1-4-15-10(8)11(16)9-6-7(13)3-5-14-9/h1-6,11,16H. The van der Waals surface area contributed by atoms with Crippen LogP contribution in [0.2, 0.25) is 5.02 Å². The maximum Gasteiger partial charge on any atom is 0.139 e. The van der Waals surface area contributed by atoms with Crippen LogP contribution in [0.3, 0.4) is 0 Å². The number of hydrogen-bond acceptors (Lipinski definition) is 3. The minimum atomic E-state index is -0.880. The summed E-state index contributed by atoms with van der Waals surface area (Å²) in [6, 6.07) is 6.88. The molecule has 16 heavy (non-hydrogen) atoms. The lowest BCUT2D eigenvalue weighted by molar-refractivity contribution is 0.209. The topological polar surface area (TPSA) is 46.0 Å². The fourth-order valence-electron chi connectivity index (χ4n) is 1.31. The normalized spacial score (nSPS) is 12.4. The molecule has 2 aromatic heterocycles. The SMILES string of the molecule is OC(c1cc(Cl)ccn1)c1ncccc1Br. The first-order valence-electron chi connectivity index (χ1n) is 4.58. The zero-order valence-electron chi connectivity index (χ0n) is 8.14. The van der Waals surface area contributed by atoms with E-state index < -0.39 is 6.10 Å². The Labute approximate surface area is 106 Å². The summed E-state index contributed by atoms with van der Waals surface area (Å²) >= 11 is 9.16. The molecular weight excluding hydrogens is 291 g/mol. The summed E-state index contributed by atoms with van der Waals surface area (Å²) in [5.74, 6) is 0. The number of aliphatic hydroxyl groups excluding tert-OH is 1. The van der Waals surface area contributed by atoms with Gasteiger partial charge < -0.3 is 5.11 Å². The summed E-state index contributed by atoms with van der Waals surface area (Å²) < 4.78 is 0.740. The summed E-state index contributed by atoms with van der Waals surface area (Å²) in [6.45, 7) is 0. The number of aliphatic hydroxyl groups is 1. The molecule has 0 fully saturated rings. The molecule has 0 saturated carbocycles. The Bertz CT molecular complexity index is 507. The molecule has 0 amide bonds. The third kappa shape index (κ3) is 2.40. The molecule has 2 aromatic rings. The highest BCUT2D eigenvalue weighted by molar-refractivity contribution is 9.10. The number of halogens is 2. The Morgan fingerprint density at radius 2 is 2.06 bits per heavy atom. The molecule has 0 saturated heterocycles. The van der Waals surface area contributed by atoms with Gasteiger partial charge >= 0.3 is 0 Å².